The molecule has 3 aromatic carbocycles. The number of nitrogens with zero attached hydrogens (tertiary/aromatic N) is 1. The molecule has 2 N–H and O–H groups in total. The molecule has 7 atom stereocenters. The monoisotopic (exact) mass is 745 g/mol. The van der Waals surface area contributed by atoms with E-state index in [4.69, 9.17) is 27.9 Å². The summed E-state index contributed by atoms with van der Waals surface area (Å²) < 4.78 is 48.1. The first-order valence-electron chi connectivity index (χ1n) is 15.3. The topological polar surface area (TPSA) is 109 Å². The molecule has 8 rings (SSSR count). The van der Waals surface area contributed by atoms with Gasteiger partial charge in [0.2, 0.25) is 11.8 Å². The van der Waals surface area contributed by atoms with Gasteiger partial charge in [-0.3, -0.25) is 19.2 Å². The highest BCUT2D eigenvalue weighted by Gasteiger charge is 2.70. The van der Waals surface area contributed by atoms with Gasteiger partial charge in [-0.2, -0.15) is 13.2 Å². The Morgan fingerprint density at radius 1 is 0.959 bits per heavy atom. The van der Waals surface area contributed by atoms with Crippen LogP contribution in [0.1, 0.15) is 28.3 Å². The van der Waals surface area contributed by atoms with Crippen LogP contribution >= 0.6 is 46.3 Å². The van der Waals surface area contributed by atoms with Gasteiger partial charge in [0.25, 0.3) is 5.91 Å². The van der Waals surface area contributed by atoms with Crippen molar-refractivity contribution in [2.45, 2.75) is 28.8 Å². The predicted molar refractivity (Wildman–Crippen MR) is 179 cm³/mol. The first-order chi connectivity index (χ1) is 23.4. The quantitative estimate of drug-likeness (QED) is 0.199. The number of alkyl halides is 3. The van der Waals surface area contributed by atoms with Crippen LogP contribution in [0.15, 0.2) is 76.6 Å². The number of thiazole rings is 1. The molecule has 6 unspecified atom stereocenters. The average Bonchev–Trinajstić information content (AvgIpc) is 3.80. The molecule has 3 amide bonds. The highest BCUT2D eigenvalue weighted by Crippen LogP contribution is 2.69. The molecule has 49 heavy (non-hydrogen) atoms. The lowest BCUT2D eigenvalue weighted by Crippen LogP contribution is -2.42. The van der Waals surface area contributed by atoms with E-state index >= 15 is 0 Å². The van der Waals surface area contributed by atoms with Crippen molar-refractivity contribution in [2.75, 3.05) is 16.8 Å². The van der Waals surface area contributed by atoms with Crippen molar-refractivity contribution in [3.05, 3.63) is 102 Å². The number of fused-ring (bicyclic) bond motifs is 9. The lowest BCUT2D eigenvalue weighted by molar-refractivity contribution is -0.137. The molecule has 2 bridgehead atoms. The number of benzene rings is 3. The number of imide groups is 1. The summed E-state index contributed by atoms with van der Waals surface area (Å²) in [4.78, 5) is 57.7. The second-order valence-electron chi connectivity index (χ2n) is 12.5. The van der Waals surface area contributed by atoms with E-state index in [0.717, 1.165) is 27.2 Å². The van der Waals surface area contributed by atoms with Crippen molar-refractivity contribution in [3.8, 4) is 5.75 Å². The molecule has 4 aliphatic rings. The Hall–Kier alpha value is -3.78. The van der Waals surface area contributed by atoms with Crippen molar-refractivity contribution in [1.29, 1.82) is 0 Å². The summed E-state index contributed by atoms with van der Waals surface area (Å²) in [5.41, 5.74) is -0.351. The maximum Gasteiger partial charge on any atom is 0.418 e. The summed E-state index contributed by atoms with van der Waals surface area (Å²) in [6.07, 6.45) is -4.21. The Morgan fingerprint density at radius 2 is 1.67 bits per heavy atom. The molecule has 3 heterocycles. The molecule has 0 radical (unpaired) electrons. The first-order valence-corrected chi connectivity index (χ1v) is 17.8. The molecule has 4 aromatic rings. The molecule has 2 aliphatic carbocycles. The number of aromatic nitrogens is 1. The Morgan fingerprint density at radius 3 is 2.43 bits per heavy atom. The van der Waals surface area contributed by atoms with Crippen molar-refractivity contribution in [2.24, 2.45) is 29.6 Å². The van der Waals surface area contributed by atoms with E-state index in [0.29, 0.717) is 33.5 Å². The van der Waals surface area contributed by atoms with Gasteiger partial charge in [0, 0.05) is 27.3 Å². The lowest BCUT2D eigenvalue weighted by Gasteiger charge is -2.43. The van der Waals surface area contributed by atoms with Crippen LogP contribution < -0.4 is 19.8 Å². The number of aromatic amines is 1. The third-order valence-electron chi connectivity index (χ3n) is 9.99. The second kappa shape index (κ2) is 11.9. The van der Waals surface area contributed by atoms with E-state index < -0.39 is 52.9 Å². The van der Waals surface area contributed by atoms with Crippen molar-refractivity contribution < 1.29 is 32.3 Å². The maximum atomic E-state index is 14.1. The van der Waals surface area contributed by atoms with Crippen LogP contribution in [0, 0.1) is 29.6 Å². The number of ether oxygens (including phenoxy) is 1. The van der Waals surface area contributed by atoms with Crippen LogP contribution in [0.25, 0.3) is 0 Å². The number of amides is 3. The van der Waals surface area contributed by atoms with Gasteiger partial charge < -0.3 is 15.0 Å². The van der Waals surface area contributed by atoms with Gasteiger partial charge in [-0.1, -0.05) is 64.9 Å². The number of halogens is 5. The standard InChI is InChI=1S/C34H24Cl2F3N3O5S2/c35-19-10-9-14(11-20(19)36)40-23(43)13-47-22-8-4-1-5-15(22)24-25-16-12-17(28(25)48-30-29(24)49-33(46)41-30)27-26(16)31(44)42(32(27)45)21-7-3-2-6-18(21)34(37,38)39/h1-11,16-17,24-28H,12-13H2,(H,40,43)(H,41,46)/t16?,17?,24-,25?,26?,27?,28?/m1/s1. The zero-order valence-corrected chi connectivity index (χ0v) is 28.1. The fourth-order valence-electron chi connectivity index (χ4n) is 8.29. The van der Waals surface area contributed by atoms with E-state index in [1.54, 1.807) is 24.3 Å². The molecule has 1 aromatic heterocycles. The van der Waals surface area contributed by atoms with Crippen molar-refractivity contribution in [1.82, 2.24) is 4.98 Å². The van der Waals surface area contributed by atoms with Gasteiger partial charge in [-0.15, -0.1) is 11.8 Å². The van der Waals surface area contributed by atoms with E-state index in [-0.39, 0.29) is 39.5 Å². The summed E-state index contributed by atoms with van der Waals surface area (Å²) in [6, 6.07) is 16.5. The minimum absolute atomic E-state index is 0.199. The maximum absolute atomic E-state index is 14.1. The number of hydrogen-bond donors (Lipinski definition) is 2. The Balaban J connectivity index is 1.12. The third-order valence-corrected chi connectivity index (χ3v) is 13.3. The minimum atomic E-state index is -4.76. The number of anilines is 2. The van der Waals surface area contributed by atoms with E-state index in [9.17, 15) is 32.3 Å². The van der Waals surface area contributed by atoms with E-state index in [1.165, 1.54) is 36.0 Å². The average molecular weight is 747 g/mol. The molecule has 2 aliphatic heterocycles. The Labute approximate surface area is 294 Å². The third kappa shape index (κ3) is 5.28. The molecule has 0 spiro atoms. The molecule has 1 saturated heterocycles. The van der Waals surface area contributed by atoms with Gasteiger partial charge in [0.05, 0.1) is 38.2 Å². The van der Waals surface area contributed by atoms with Gasteiger partial charge in [-0.25, -0.2) is 4.90 Å². The van der Waals surface area contributed by atoms with Crippen LogP contribution in [0.4, 0.5) is 24.5 Å². The molecule has 252 valence electrons. The Bertz CT molecular complexity index is 2110. The van der Waals surface area contributed by atoms with Crippen LogP contribution in [0.3, 0.4) is 0 Å². The number of carbonyl (C=O) groups excluding carboxylic acids is 3. The fourth-order valence-corrected chi connectivity index (χ4v) is 11.5. The summed E-state index contributed by atoms with van der Waals surface area (Å²) >= 11 is 14.6. The second-order valence-corrected chi connectivity index (χ2v) is 15.5. The number of hydrogen-bond acceptors (Lipinski definition) is 7. The number of rotatable bonds is 6. The summed E-state index contributed by atoms with van der Waals surface area (Å²) in [7, 11) is 0. The summed E-state index contributed by atoms with van der Waals surface area (Å²) in [5.74, 6) is -4.16. The van der Waals surface area contributed by atoms with Gasteiger partial charge in [0.1, 0.15) is 5.75 Å². The zero-order valence-electron chi connectivity index (χ0n) is 25.0. The van der Waals surface area contributed by atoms with Gasteiger partial charge in [-0.05, 0) is 60.6 Å². The largest absolute Gasteiger partial charge is 0.483 e. The van der Waals surface area contributed by atoms with Crippen LogP contribution in [0.5, 0.6) is 5.75 Å². The molecule has 3 fully saturated rings. The number of carbonyl (C=O) groups is 3. The van der Waals surface area contributed by atoms with Gasteiger partial charge in [0.15, 0.2) is 6.61 Å². The SMILES string of the molecule is O=C(COc1ccccc1[C@H]1c2sc(=O)[nH]c2SC2C3CC(C4C(=O)N(c5ccccc5C(F)(F)F)C(=O)C34)C21)Nc1ccc(Cl)c(Cl)c1. The van der Waals surface area contributed by atoms with Crippen LogP contribution in [-0.2, 0) is 20.6 Å². The number of para-hydroxylation sites is 2. The van der Waals surface area contributed by atoms with E-state index in [2.05, 4.69) is 10.3 Å². The van der Waals surface area contributed by atoms with Crippen molar-refractivity contribution >= 4 is 75.4 Å². The molecule has 2 saturated carbocycles. The summed E-state index contributed by atoms with van der Waals surface area (Å²) in [6.45, 7) is -0.347. The minimum Gasteiger partial charge on any atom is -0.483 e. The van der Waals surface area contributed by atoms with Crippen LogP contribution in [-0.4, -0.2) is 34.6 Å². The van der Waals surface area contributed by atoms with E-state index in [1.807, 2.05) is 12.1 Å². The molecular weight excluding hydrogens is 722 g/mol. The number of thioether (sulfide) groups is 1. The molecular formula is C34H24Cl2F3N3O5S2. The lowest BCUT2D eigenvalue weighted by atomic mass is 9.68. The number of nitrogens with one attached hydrogen (secondary N) is 2. The van der Waals surface area contributed by atoms with Crippen LogP contribution in [0.2, 0.25) is 10.0 Å². The first kappa shape index (κ1) is 32.4. The smallest absolute Gasteiger partial charge is 0.418 e. The Kier molecular flexibility index (Phi) is 7.89. The zero-order chi connectivity index (χ0) is 34.4. The predicted octanol–water partition coefficient (Wildman–Crippen LogP) is 7.46. The summed E-state index contributed by atoms with van der Waals surface area (Å²) in [5, 5.41) is 3.80. The highest BCUT2D eigenvalue weighted by atomic mass is 35.5. The molecule has 15 heteroatoms. The van der Waals surface area contributed by atoms with Crippen molar-refractivity contribution in [3.63, 3.8) is 0 Å². The highest BCUT2D eigenvalue weighted by molar-refractivity contribution is 8.00. The van der Waals surface area contributed by atoms with Gasteiger partial charge >= 0.3 is 11.0 Å². The fraction of sp³-hybridized carbons (Fsp3) is 0.294. The normalized spacial score (nSPS) is 26.8. The number of H-pyrrole nitrogens is 1. The molecule has 8 nitrogen and oxygen atoms in total.